The Morgan fingerprint density at radius 2 is 1.76 bits per heavy atom. The molecule has 6 heteroatoms. The highest BCUT2D eigenvalue weighted by Crippen LogP contribution is 2.39. The van der Waals surface area contributed by atoms with E-state index in [4.69, 9.17) is 14.2 Å². The molecular formula is C19H22NO5-. The Hall–Kier alpha value is -2.44. The van der Waals surface area contributed by atoms with Crippen molar-refractivity contribution in [1.29, 1.82) is 0 Å². The molecular weight excluding hydrogens is 322 g/mol. The minimum absolute atomic E-state index is 0.0499. The fourth-order valence-corrected chi connectivity index (χ4v) is 3.30. The van der Waals surface area contributed by atoms with Crippen LogP contribution in [0.5, 0.6) is 23.0 Å². The quantitative estimate of drug-likeness (QED) is 0.898. The minimum Gasteiger partial charge on any atom is -0.785 e. The highest BCUT2D eigenvalue weighted by atomic mass is 16.5. The number of phenolic OH excluding ortho intramolecular Hbond substituents is 1. The summed E-state index contributed by atoms with van der Waals surface area (Å²) in [5, 5.41) is 23.6. The van der Waals surface area contributed by atoms with Gasteiger partial charge in [-0.2, -0.15) is 0 Å². The second kappa shape index (κ2) is 7.21. The van der Waals surface area contributed by atoms with Crippen LogP contribution in [-0.2, 0) is 12.8 Å². The molecule has 0 saturated heterocycles. The summed E-state index contributed by atoms with van der Waals surface area (Å²) >= 11 is 0. The predicted molar refractivity (Wildman–Crippen MR) is 94.4 cm³/mol. The van der Waals surface area contributed by atoms with E-state index in [9.17, 15) is 10.3 Å². The SMILES string of the molecule is COc1cc2c(cc1O)[C@H](Cc1ccc(OC)c(OC)c1)N([O-])CC2. The molecule has 0 spiro atoms. The molecule has 3 rings (SSSR count). The molecule has 134 valence electrons. The molecule has 1 atom stereocenters. The van der Waals surface area contributed by atoms with Gasteiger partial charge in [-0.15, -0.1) is 0 Å². The molecule has 2 aromatic carbocycles. The van der Waals surface area contributed by atoms with Crippen LogP contribution in [0.15, 0.2) is 30.3 Å². The molecule has 2 aromatic rings. The van der Waals surface area contributed by atoms with Gasteiger partial charge >= 0.3 is 0 Å². The average molecular weight is 344 g/mol. The normalized spacial score (nSPS) is 17.0. The third-order valence-corrected chi connectivity index (χ3v) is 4.63. The van der Waals surface area contributed by atoms with Crippen molar-refractivity contribution >= 4 is 0 Å². The van der Waals surface area contributed by atoms with Crippen molar-refractivity contribution < 1.29 is 19.3 Å². The standard InChI is InChI=1S/C19H22NO5/c1-23-17-5-4-12(9-19(17)25-3)8-15-14-11-16(21)18(24-2)10-13(14)6-7-20(15)22/h4-5,9-11,15,21H,6-8H2,1-3H3/q-1/t15-/m0/s1. The van der Waals surface area contributed by atoms with Crippen LogP contribution in [-0.4, -0.2) is 38.0 Å². The molecule has 0 fully saturated rings. The number of phenols is 1. The zero-order valence-corrected chi connectivity index (χ0v) is 14.6. The third kappa shape index (κ3) is 3.36. The van der Waals surface area contributed by atoms with Gasteiger partial charge in [0.15, 0.2) is 23.0 Å². The van der Waals surface area contributed by atoms with Gasteiger partial charge in [0.25, 0.3) is 0 Å². The Morgan fingerprint density at radius 3 is 2.44 bits per heavy atom. The lowest BCUT2D eigenvalue weighted by molar-refractivity contribution is 0.261. The van der Waals surface area contributed by atoms with E-state index in [-0.39, 0.29) is 11.8 Å². The van der Waals surface area contributed by atoms with Gasteiger partial charge in [-0.25, -0.2) is 0 Å². The molecule has 6 nitrogen and oxygen atoms in total. The van der Waals surface area contributed by atoms with Gasteiger partial charge in [-0.1, -0.05) is 6.07 Å². The van der Waals surface area contributed by atoms with Crippen molar-refractivity contribution in [3.8, 4) is 23.0 Å². The Bertz CT molecular complexity index is 762. The molecule has 1 aliphatic heterocycles. The van der Waals surface area contributed by atoms with Gasteiger partial charge in [0.2, 0.25) is 0 Å². The number of aromatic hydroxyl groups is 1. The van der Waals surface area contributed by atoms with E-state index in [2.05, 4.69) is 0 Å². The van der Waals surface area contributed by atoms with Crippen molar-refractivity contribution in [2.75, 3.05) is 27.9 Å². The van der Waals surface area contributed by atoms with E-state index in [1.54, 1.807) is 20.3 Å². The monoisotopic (exact) mass is 344 g/mol. The lowest BCUT2D eigenvalue weighted by atomic mass is 9.89. The fraction of sp³-hybridized carbons (Fsp3) is 0.368. The van der Waals surface area contributed by atoms with E-state index < -0.39 is 0 Å². The largest absolute Gasteiger partial charge is 0.785 e. The summed E-state index contributed by atoms with van der Waals surface area (Å²) in [5.74, 6) is 1.76. The molecule has 0 radical (unpaired) electrons. The molecule has 0 unspecified atom stereocenters. The Balaban J connectivity index is 1.94. The maximum absolute atomic E-state index is 12.5. The lowest BCUT2D eigenvalue weighted by Crippen LogP contribution is -2.32. The number of fused-ring (bicyclic) bond motifs is 1. The van der Waals surface area contributed by atoms with Gasteiger partial charge in [-0.3, -0.25) is 0 Å². The Kier molecular flexibility index (Phi) is 5.01. The van der Waals surface area contributed by atoms with Crippen molar-refractivity contribution in [1.82, 2.24) is 5.06 Å². The van der Waals surface area contributed by atoms with Crippen LogP contribution in [0.2, 0.25) is 0 Å². The minimum atomic E-state index is -0.362. The zero-order chi connectivity index (χ0) is 18.0. The first-order valence-electron chi connectivity index (χ1n) is 8.11. The molecule has 0 aliphatic carbocycles. The molecule has 0 saturated carbocycles. The van der Waals surface area contributed by atoms with Crippen LogP contribution in [0.1, 0.15) is 22.7 Å². The van der Waals surface area contributed by atoms with Crippen LogP contribution in [0, 0.1) is 5.21 Å². The number of hydroxylamine groups is 2. The summed E-state index contributed by atoms with van der Waals surface area (Å²) in [6.45, 7) is 0.416. The van der Waals surface area contributed by atoms with Crippen LogP contribution in [0.4, 0.5) is 0 Å². The summed E-state index contributed by atoms with van der Waals surface area (Å²) in [4.78, 5) is 0. The fourth-order valence-electron chi connectivity index (χ4n) is 3.30. The van der Waals surface area contributed by atoms with E-state index in [1.807, 2.05) is 24.3 Å². The maximum atomic E-state index is 12.5. The highest BCUT2D eigenvalue weighted by Gasteiger charge is 2.24. The first-order valence-corrected chi connectivity index (χ1v) is 8.11. The van der Waals surface area contributed by atoms with Crippen LogP contribution in [0.25, 0.3) is 0 Å². The Morgan fingerprint density at radius 1 is 1.04 bits per heavy atom. The van der Waals surface area contributed by atoms with Crippen LogP contribution in [0.3, 0.4) is 0 Å². The summed E-state index contributed by atoms with van der Waals surface area (Å²) in [6, 6.07) is 8.73. The molecule has 1 N–H and O–H groups in total. The van der Waals surface area contributed by atoms with E-state index in [1.165, 1.54) is 7.11 Å². The van der Waals surface area contributed by atoms with E-state index in [0.717, 1.165) is 21.8 Å². The topological polar surface area (TPSA) is 74.2 Å². The van der Waals surface area contributed by atoms with Gasteiger partial charge in [0, 0.05) is 6.04 Å². The third-order valence-electron chi connectivity index (χ3n) is 4.63. The number of hydrogen-bond donors (Lipinski definition) is 1. The molecule has 0 bridgehead atoms. The van der Waals surface area contributed by atoms with Gasteiger partial charge < -0.3 is 29.6 Å². The van der Waals surface area contributed by atoms with Crippen molar-refractivity contribution in [3.05, 3.63) is 52.2 Å². The highest BCUT2D eigenvalue weighted by molar-refractivity contribution is 5.49. The number of methoxy groups -OCH3 is 3. The first-order chi connectivity index (χ1) is 12.1. The van der Waals surface area contributed by atoms with Crippen LogP contribution >= 0.6 is 0 Å². The van der Waals surface area contributed by atoms with Gasteiger partial charge in [0.1, 0.15) is 0 Å². The van der Waals surface area contributed by atoms with E-state index >= 15 is 0 Å². The Labute approximate surface area is 147 Å². The number of hydrogen-bond acceptors (Lipinski definition) is 6. The number of nitrogens with zero attached hydrogens (tertiary/aromatic N) is 1. The molecule has 1 aliphatic rings. The first kappa shape index (κ1) is 17.4. The summed E-state index contributed by atoms with van der Waals surface area (Å²) in [7, 11) is 4.69. The number of benzene rings is 2. The summed E-state index contributed by atoms with van der Waals surface area (Å²) in [6.07, 6.45) is 1.15. The summed E-state index contributed by atoms with van der Waals surface area (Å²) in [5.41, 5.74) is 2.84. The maximum Gasteiger partial charge on any atom is 0.160 e. The number of ether oxygens (including phenoxy) is 3. The molecule has 25 heavy (non-hydrogen) atoms. The average Bonchev–Trinajstić information content (AvgIpc) is 2.63. The zero-order valence-electron chi connectivity index (χ0n) is 14.6. The van der Waals surface area contributed by atoms with Crippen molar-refractivity contribution in [2.45, 2.75) is 18.9 Å². The smallest absolute Gasteiger partial charge is 0.160 e. The molecule has 0 amide bonds. The second-order valence-electron chi connectivity index (χ2n) is 6.02. The number of rotatable bonds is 5. The predicted octanol–water partition coefficient (Wildman–Crippen LogP) is 3.06. The van der Waals surface area contributed by atoms with E-state index in [0.29, 0.717) is 36.6 Å². The van der Waals surface area contributed by atoms with Crippen molar-refractivity contribution in [3.63, 3.8) is 0 Å². The van der Waals surface area contributed by atoms with Crippen molar-refractivity contribution in [2.24, 2.45) is 0 Å². The second-order valence-corrected chi connectivity index (χ2v) is 6.02. The van der Waals surface area contributed by atoms with Gasteiger partial charge in [-0.05, 0) is 60.3 Å². The molecule has 1 heterocycles. The van der Waals surface area contributed by atoms with Crippen LogP contribution < -0.4 is 14.2 Å². The lowest BCUT2D eigenvalue weighted by Gasteiger charge is -2.42. The summed E-state index contributed by atoms with van der Waals surface area (Å²) < 4.78 is 15.8. The molecule has 0 aromatic heterocycles. The van der Waals surface area contributed by atoms with Gasteiger partial charge in [0.05, 0.1) is 21.3 Å².